The van der Waals surface area contributed by atoms with Gasteiger partial charge >= 0.3 is 0 Å². The van der Waals surface area contributed by atoms with Crippen molar-refractivity contribution in [2.45, 2.75) is 44.9 Å². The van der Waals surface area contributed by atoms with E-state index in [0.29, 0.717) is 22.1 Å². The van der Waals surface area contributed by atoms with Crippen LogP contribution in [-0.4, -0.2) is 33.3 Å². The lowest BCUT2D eigenvalue weighted by Crippen LogP contribution is -2.32. The number of aliphatic hydroxyl groups excluding tert-OH is 1. The smallest absolute Gasteiger partial charge is 0.261 e. The van der Waals surface area contributed by atoms with Crippen LogP contribution in [-0.2, 0) is 5.41 Å². The third-order valence-electron chi connectivity index (χ3n) is 7.52. The van der Waals surface area contributed by atoms with Gasteiger partial charge in [0.15, 0.2) is 0 Å². The van der Waals surface area contributed by atoms with Crippen molar-refractivity contribution in [3.8, 4) is 6.07 Å². The van der Waals surface area contributed by atoms with E-state index in [0.717, 1.165) is 23.4 Å². The average molecular weight is 420 g/mol. The first kappa shape index (κ1) is 19.0. The van der Waals surface area contributed by atoms with Gasteiger partial charge in [-0.2, -0.15) is 5.26 Å². The van der Waals surface area contributed by atoms with E-state index in [4.69, 9.17) is 4.98 Å². The zero-order valence-electron chi connectivity index (χ0n) is 17.0. The van der Waals surface area contributed by atoms with Crippen molar-refractivity contribution in [3.05, 3.63) is 56.7 Å². The Hall–Kier alpha value is -2.98. The van der Waals surface area contributed by atoms with E-state index in [-0.39, 0.29) is 28.7 Å². The molecule has 0 saturated heterocycles. The first-order valence-electron chi connectivity index (χ1n) is 9.99. The van der Waals surface area contributed by atoms with E-state index in [1.54, 1.807) is 24.3 Å². The van der Waals surface area contributed by atoms with Gasteiger partial charge in [0.1, 0.15) is 22.4 Å². The van der Waals surface area contributed by atoms with Crippen molar-refractivity contribution in [2.75, 3.05) is 6.54 Å². The normalized spacial score (nSPS) is 26.5. The Kier molecular flexibility index (Phi) is 3.81. The highest BCUT2D eigenvalue weighted by molar-refractivity contribution is 7.13. The molecule has 152 valence electrons. The topological polar surface area (TPSA) is 94.3 Å². The number of imide groups is 1. The maximum absolute atomic E-state index is 12.6. The summed E-state index contributed by atoms with van der Waals surface area (Å²) in [4.78, 5) is 32.1. The molecule has 2 bridgehead atoms. The van der Waals surface area contributed by atoms with Gasteiger partial charge in [-0.05, 0) is 30.4 Å². The van der Waals surface area contributed by atoms with Crippen molar-refractivity contribution in [2.24, 2.45) is 5.41 Å². The lowest BCUT2D eigenvalue weighted by atomic mass is 9.70. The third-order valence-corrected chi connectivity index (χ3v) is 8.71. The van der Waals surface area contributed by atoms with Crippen LogP contribution < -0.4 is 0 Å². The summed E-state index contributed by atoms with van der Waals surface area (Å²) in [5, 5.41) is 20.9. The van der Waals surface area contributed by atoms with E-state index >= 15 is 0 Å². The molecule has 1 aliphatic heterocycles. The standard InChI is InChI=1S/C23H21N3O3S/c1-22(2)15-8-9-23(22,3)18-17(15)30-19(25-18)14(10-24)16(27)11-26-20(28)12-6-4-5-7-13(12)21(26)29/h4-7,15,27H,8-9,11H2,1-3H3/b16-14-. The molecule has 2 atom stereocenters. The summed E-state index contributed by atoms with van der Waals surface area (Å²) in [6, 6.07) is 8.60. The monoisotopic (exact) mass is 419 g/mol. The van der Waals surface area contributed by atoms with Crippen molar-refractivity contribution in [1.29, 1.82) is 5.26 Å². The number of carbonyl (C=O) groups excluding carboxylic acids is 2. The van der Waals surface area contributed by atoms with Crippen LogP contribution in [0.3, 0.4) is 0 Å². The molecule has 6 nitrogen and oxygen atoms in total. The fourth-order valence-corrected chi connectivity index (χ4v) is 6.83. The van der Waals surface area contributed by atoms with Gasteiger partial charge < -0.3 is 5.11 Å². The molecule has 1 saturated carbocycles. The summed E-state index contributed by atoms with van der Waals surface area (Å²) < 4.78 is 0. The first-order chi connectivity index (χ1) is 14.2. The lowest BCUT2D eigenvalue weighted by molar-refractivity contribution is 0.0652. The predicted molar refractivity (Wildman–Crippen MR) is 112 cm³/mol. The van der Waals surface area contributed by atoms with Gasteiger partial charge in [-0.3, -0.25) is 14.5 Å². The van der Waals surface area contributed by atoms with Crippen LogP contribution >= 0.6 is 11.3 Å². The number of aliphatic hydroxyl groups is 1. The van der Waals surface area contributed by atoms with Gasteiger partial charge in [-0.1, -0.05) is 32.9 Å². The number of nitriles is 1. The van der Waals surface area contributed by atoms with E-state index in [2.05, 4.69) is 20.8 Å². The highest BCUT2D eigenvalue weighted by Crippen LogP contribution is 2.68. The molecule has 3 aliphatic rings. The third kappa shape index (κ3) is 2.20. The summed E-state index contributed by atoms with van der Waals surface area (Å²) >= 11 is 1.45. The van der Waals surface area contributed by atoms with E-state index < -0.39 is 11.8 Å². The molecule has 1 fully saturated rings. The molecule has 2 amide bonds. The van der Waals surface area contributed by atoms with E-state index in [1.165, 1.54) is 16.2 Å². The molecule has 2 unspecified atom stereocenters. The zero-order chi connectivity index (χ0) is 21.4. The van der Waals surface area contributed by atoms with Crippen LogP contribution in [0.1, 0.15) is 75.8 Å². The Labute approximate surface area is 178 Å². The molecule has 1 aromatic heterocycles. The lowest BCUT2D eigenvalue weighted by Gasteiger charge is -2.34. The molecule has 2 aliphatic carbocycles. The van der Waals surface area contributed by atoms with Crippen LogP contribution in [0.15, 0.2) is 30.0 Å². The van der Waals surface area contributed by atoms with Crippen LogP contribution in [0.4, 0.5) is 0 Å². The zero-order valence-corrected chi connectivity index (χ0v) is 17.8. The number of hydrogen-bond donors (Lipinski definition) is 1. The summed E-state index contributed by atoms with van der Waals surface area (Å²) in [7, 11) is 0. The number of hydrogen-bond acceptors (Lipinski definition) is 6. The average Bonchev–Trinajstić information content (AvgIpc) is 3.36. The molecule has 5 rings (SSSR count). The predicted octanol–water partition coefficient (Wildman–Crippen LogP) is 4.41. The summed E-state index contributed by atoms with van der Waals surface area (Å²) in [6.07, 6.45) is 2.16. The van der Waals surface area contributed by atoms with Crippen LogP contribution in [0, 0.1) is 16.7 Å². The highest BCUT2D eigenvalue weighted by Gasteiger charge is 2.61. The van der Waals surface area contributed by atoms with Gasteiger partial charge in [0.05, 0.1) is 23.4 Å². The van der Waals surface area contributed by atoms with E-state index in [1.807, 2.05) is 6.07 Å². The number of carbonyl (C=O) groups is 2. The Bertz CT molecular complexity index is 1170. The maximum Gasteiger partial charge on any atom is 0.261 e. The van der Waals surface area contributed by atoms with Gasteiger partial charge in [0.2, 0.25) is 0 Å². The fraction of sp³-hybridized carbons (Fsp3) is 0.391. The minimum Gasteiger partial charge on any atom is -0.509 e. The second kappa shape index (κ2) is 6.02. The van der Waals surface area contributed by atoms with Gasteiger partial charge in [0.25, 0.3) is 11.8 Å². The summed E-state index contributed by atoms with van der Waals surface area (Å²) in [5.74, 6) is -0.833. The quantitative estimate of drug-likeness (QED) is 0.452. The minimum absolute atomic E-state index is 0.0340. The number of rotatable bonds is 3. The second-order valence-corrected chi connectivity index (χ2v) is 10.1. The van der Waals surface area contributed by atoms with Crippen molar-refractivity contribution in [3.63, 3.8) is 0 Å². The number of thiazole rings is 1. The number of amides is 2. The summed E-state index contributed by atoms with van der Waals surface area (Å²) in [5.41, 5.74) is 1.78. The molecule has 2 aromatic rings. The molecular weight excluding hydrogens is 398 g/mol. The van der Waals surface area contributed by atoms with Gasteiger partial charge in [-0.15, -0.1) is 11.3 Å². The molecule has 1 aromatic carbocycles. The van der Waals surface area contributed by atoms with Gasteiger partial charge in [0, 0.05) is 16.2 Å². The molecule has 1 N–H and O–H groups in total. The first-order valence-corrected chi connectivity index (χ1v) is 10.8. The van der Waals surface area contributed by atoms with Crippen LogP contribution in [0.25, 0.3) is 5.57 Å². The van der Waals surface area contributed by atoms with E-state index in [9.17, 15) is 20.0 Å². The number of benzene rings is 1. The van der Waals surface area contributed by atoms with Crippen molar-refractivity contribution >= 4 is 28.7 Å². The number of nitrogens with zero attached hydrogens (tertiary/aromatic N) is 3. The fourth-order valence-electron chi connectivity index (χ4n) is 5.30. The highest BCUT2D eigenvalue weighted by atomic mass is 32.1. The Balaban J connectivity index is 1.49. The summed E-state index contributed by atoms with van der Waals surface area (Å²) in [6.45, 7) is 6.45. The molecule has 0 radical (unpaired) electrons. The number of aromatic nitrogens is 1. The number of fused-ring (bicyclic) bond motifs is 6. The molecule has 7 heteroatoms. The molecular formula is C23H21N3O3S. The molecule has 0 spiro atoms. The van der Waals surface area contributed by atoms with Crippen molar-refractivity contribution < 1.29 is 14.7 Å². The second-order valence-electron chi connectivity index (χ2n) is 9.05. The Morgan fingerprint density at radius 3 is 2.47 bits per heavy atom. The van der Waals surface area contributed by atoms with Crippen molar-refractivity contribution in [1.82, 2.24) is 9.88 Å². The Morgan fingerprint density at radius 1 is 1.27 bits per heavy atom. The molecule has 2 heterocycles. The van der Waals surface area contributed by atoms with Crippen LogP contribution in [0.2, 0.25) is 0 Å². The van der Waals surface area contributed by atoms with Crippen LogP contribution in [0.5, 0.6) is 0 Å². The largest absolute Gasteiger partial charge is 0.509 e. The Morgan fingerprint density at radius 2 is 1.90 bits per heavy atom. The minimum atomic E-state index is -0.464. The molecule has 30 heavy (non-hydrogen) atoms. The maximum atomic E-state index is 12.6. The van der Waals surface area contributed by atoms with Gasteiger partial charge in [-0.25, -0.2) is 4.98 Å². The number of allylic oxidation sites excluding steroid dienone is 1. The SMILES string of the molecule is CC12CCC(c3sc(/C(C#N)=C(\O)CN4C(=O)c5ccccc5C4=O)nc31)C2(C)C.